The number of amides is 1. The van der Waals surface area contributed by atoms with E-state index in [4.69, 9.17) is 0 Å². The van der Waals surface area contributed by atoms with E-state index < -0.39 is 0 Å². The van der Waals surface area contributed by atoms with Crippen molar-refractivity contribution in [3.8, 4) is 0 Å². The lowest BCUT2D eigenvalue weighted by molar-refractivity contribution is 0.0704. The van der Waals surface area contributed by atoms with Crippen LogP contribution in [-0.2, 0) is 13.0 Å². The maximum absolute atomic E-state index is 13.4. The van der Waals surface area contributed by atoms with Gasteiger partial charge in [0.1, 0.15) is 5.52 Å². The minimum absolute atomic E-state index is 0.0123. The van der Waals surface area contributed by atoms with E-state index in [-0.39, 0.29) is 17.2 Å². The molecule has 0 radical (unpaired) electrons. The van der Waals surface area contributed by atoms with Crippen molar-refractivity contribution in [1.29, 1.82) is 0 Å². The van der Waals surface area contributed by atoms with Gasteiger partial charge in [0, 0.05) is 25.8 Å². The van der Waals surface area contributed by atoms with Gasteiger partial charge < -0.3 is 4.90 Å². The molecule has 6 nitrogen and oxygen atoms in total. The summed E-state index contributed by atoms with van der Waals surface area (Å²) in [6, 6.07) is 24.0. The van der Waals surface area contributed by atoms with E-state index in [0.29, 0.717) is 43.1 Å². The first-order valence-electron chi connectivity index (χ1n) is 11.4. The standard InChI is InChI=1S/C27H26N4O2/c32-26(30-17-14-22(15-18-30)21-10-5-2-6-11-21)24-27(33)31(19-13-20-8-3-1-4-9-20)25-23(29-24)12-7-16-28-25/h1-12,16,22H,13-15,17-19H2. The van der Waals surface area contributed by atoms with E-state index in [2.05, 4.69) is 34.2 Å². The number of hydrogen-bond donors (Lipinski definition) is 0. The lowest BCUT2D eigenvalue weighted by atomic mass is 9.89. The number of fused-ring (bicyclic) bond motifs is 1. The molecule has 0 unspecified atom stereocenters. The Bertz CT molecular complexity index is 1310. The number of nitrogens with zero attached hydrogens (tertiary/aromatic N) is 4. The maximum Gasteiger partial charge on any atom is 0.283 e. The van der Waals surface area contributed by atoms with Crippen LogP contribution in [-0.4, -0.2) is 38.4 Å². The molecule has 0 bridgehead atoms. The molecule has 1 fully saturated rings. The number of aryl methyl sites for hydroxylation is 2. The fraction of sp³-hybridized carbons (Fsp3) is 0.259. The highest BCUT2D eigenvalue weighted by Crippen LogP contribution is 2.28. The average Bonchev–Trinajstić information content (AvgIpc) is 2.89. The van der Waals surface area contributed by atoms with Crippen LogP contribution in [0.15, 0.2) is 83.8 Å². The maximum atomic E-state index is 13.4. The van der Waals surface area contributed by atoms with Gasteiger partial charge in [-0.05, 0) is 48.4 Å². The third kappa shape index (κ3) is 4.42. The van der Waals surface area contributed by atoms with Crippen LogP contribution in [0.3, 0.4) is 0 Å². The van der Waals surface area contributed by atoms with Gasteiger partial charge in [-0.1, -0.05) is 60.7 Å². The van der Waals surface area contributed by atoms with E-state index in [1.54, 1.807) is 27.8 Å². The second kappa shape index (κ2) is 9.36. The number of likely N-dealkylation sites (tertiary alicyclic amines) is 1. The quantitative estimate of drug-likeness (QED) is 0.471. The lowest BCUT2D eigenvalue weighted by Gasteiger charge is -2.32. The lowest BCUT2D eigenvalue weighted by Crippen LogP contribution is -2.42. The molecule has 0 N–H and O–H groups in total. The smallest absolute Gasteiger partial charge is 0.283 e. The summed E-state index contributed by atoms with van der Waals surface area (Å²) >= 11 is 0. The van der Waals surface area contributed by atoms with Crippen molar-refractivity contribution in [1.82, 2.24) is 19.4 Å². The SMILES string of the molecule is O=C(c1nc2cccnc2n(CCc2ccccc2)c1=O)N1CCC(c2ccccc2)CC1. The topological polar surface area (TPSA) is 68.1 Å². The Labute approximate surface area is 192 Å². The highest BCUT2D eigenvalue weighted by atomic mass is 16.2. The summed E-state index contributed by atoms with van der Waals surface area (Å²) in [6.45, 7) is 1.68. The molecule has 4 aromatic rings. The van der Waals surface area contributed by atoms with Crippen LogP contribution in [0, 0.1) is 0 Å². The minimum atomic E-state index is -0.368. The number of carbonyl (C=O) groups is 1. The molecule has 1 aliphatic rings. The van der Waals surface area contributed by atoms with Gasteiger partial charge in [-0.25, -0.2) is 9.97 Å². The molecular weight excluding hydrogens is 412 g/mol. The molecule has 1 aliphatic heterocycles. The Kier molecular flexibility index (Phi) is 5.98. The zero-order chi connectivity index (χ0) is 22.6. The first kappa shape index (κ1) is 21.1. The van der Waals surface area contributed by atoms with Gasteiger partial charge >= 0.3 is 0 Å². The van der Waals surface area contributed by atoms with Crippen molar-refractivity contribution in [2.45, 2.75) is 31.7 Å². The number of hydrogen-bond acceptors (Lipinski definition) is 4. The Morgan fingerprint density at radius 3 is 2.33 bits per heavy atom. The Morgan fingerprint density at radius 2 is 1.61 bits per heavy atom. The Morgan fingerprint density at radius 1 is 0.909 bits per heavy atom. The van der Waals surface area contributed by atoms with Gasteiger partial charge in [-0.2, -0.15) is 0 Å². The van der Waals surface area contributed by atoms with Crippen LogP contribution in [0.1, 0.15) is 40.4 Å². The molecule has 2 aromatic carbocycles. The Balaban J connectivity index is 1.40. The number of piperidine rings is 1. The molecule has 2 aromatic heterocycles. The molecule has 33 heavy (non-hydrogen) atoms. The molecule has 0 spiro atoms. The van der Waals surface area contributed by atoms with Crippen molar-refractivity contribution in [2.75, 3.05) is 13.1 Å². The average molecular weight is 439 g/mol. The summed E-state index contributed by atoms with van der Waals surface area (Å²) in [4.78, 5) is 37.4. The van der Waals surface area contributed by atoms with Gasteiger partial charge in [0.15, 0.2) is 11.3 Å². The summed E-state index contributed by atoms with van der Waals surface area (Å²) in [5.74, 6) is 0.150. The number of pyridine rings is 1. The van der Waals surface area contributed by atoms with Crippen LogP contribution >= 0.6 is 0 Å². The van der Waals surface area contributed by atoms with Crippen LogP contribution in [0.5, 0.6) is 0 Å². The van der Waals surface area contributed by atoms with E-state index in [0.717, 1.165) is 18.4 Å². The van der Waals surface area contributed by atoms with Gasteiger partial charge in [-0.15, -0.1) is 0 Å². The van der Waals surface area contributed by atoms with Crippen molar-refractivity contribution in [3.63, 3.8) is 0 Å². The molecule has 6 heteroatoms. The summed E-state index contributed by atoms with van der Waals surface area (Å²) in [6.07, 6.45) is 4.09. The molecule has 0 aliphatic carbocycles. The second-order valence-electron chi connectivity index (χ2n) is 8.48. The van der Waals surface area contributed by atoms with Crippen molar-refractivity contribution in [2.24, 2.45) is 0 Å². The first-order valence-corrected chi connectivity index (χ1v) is 11.4. The van der Waals surface area contributed by atoms with Gasteiger partial charge in [0.2, 0.25) is 0 Å². The fourth-order valence-corrected chi connectivity index (χ4v) is 4.60. The van der Waals surface area contributed by atoms with E-state index in [1.165, 1.54) is 5.56 Å². The molecular formula is C27H26N4O2. The zero-order valence-electron chi connectivity index (χ0n) is 18.4. The highest BCUT2D eigenvalue weighted by molar-refractivity contribution is 5.93. The van der Waals surface area contributed by atoms with Crippen molar-refractivity contribution >= 4 is 17.1 Å². The Hall–Kier alpha value is -3.80. The third-order valence-electron chi connectivity index (χ3n) is 6.42. The molecule has 0 atom stereocenters. The summed E-state index contributed by atoms with van der Waals surface area (Å²) < 4.78 is 1.60. The monoisotopic (exact) mass is 438 g/mol. The normalized spacial score (nSPS) is 14.5. The summed E-state index contributed by atoms with van der Waals surface area (Å²) in [5.41, 5.74) is 3.13. The first-order chi connectivity index (χ1) is 16.2. The van der Waals surface area contributed by atoms with Crippen molar-refractivity contribution < 1.29 is 4.79 Å². The molecule has 1 amide bonds. The van der Waals surface area contributed by atoms with E-state index in [1.807, 2.05) is 36.4 Å². The summed E-state index contributed by atoms with van der Waals surface area (Å²) in [7, 11) is 0. The van der Waals surface area contributed by atoms with Crippen LogP contribution in [0.2, 0.25) is 0 Å². The van der Waals surface area contributed by atoms with Crippen LogP contribution < -0.4 is 5.56 Å². The van der Waals surface area contributed by atoms with E-state index in [9.17, 15) is 9.59 Å². The minimum Gasteiger partial charge on any atom is -0.337 e. The molecule has 1 saturated heterocycles. The number of benzene rings is 2. The van der Waals surface area contributed by atoms with Crippen molar-refractivity contribution in [3.05, 3.63) is 106 Å². The highest BCUT2D eigenvalue weighted by Gasteiger charge is 2.28. The van der Waals surface area contributed by atoms with Gasteiger partial charge in [0.25, 0.3) is 11.5 Å². The number of carbonyl (C=O) groups excluding carboxylic acids is 1. The van der Waals surface area contributed by atoms with Crippen LogP contribution in [0.4, 0.5) is 0 Å². The van der Waals surface area contributed by atoms with Crippen LogP contribution in [0.25, 0.3) is 11.2 Å². The number of rotatable bonds is 5. The zero-order valence-corrected chi connectivity index (χ0v) is 18.4. The van der Waals surface area contributed by atoms with E-state index >= 15 is 0 Å². The third-order valence-corrected chi connectivity index (χ3v) is 6.42. The molecule has 3 heterocycles. The second-order valence-corrected chi connectivity index (χ2v) is 8.48. The predicted molar refractivity (Wildman–Crippen MR) is 128 cm³/mol. The summed E-state index contributed by atoms with van der Waals surface area (Å²) in [5, 5.41) is 0. The van der Waals surface area contributed by atoms with Gasteiger partial charge in [-0.3, -0.25) is 14.2 Å². The molecule has 0 saturated carbocycles. The molecule has 5 rings (SSSR count). The molecule has 166 valence electrons. The van der Waals surface area contributed by atoms with Gasteiger partial charge in [0.05, 0.1) is 0 Å². The predicted octanol–water partition coefficient (Wildman–Crippen LogP) is 4.05. The number of aromatic nitrogens is 3. The fourth-order valence-electron chi connectivity index (χ4n) is 4.60. The largest absolute Gasteiger partial charge is 0.337 e.